The first-order valence-electron chi connectivity index (χ1n) is 6.49. The fourth-order valence-corrected chi connectivity index (χ4v) is 3.24. The summed E-state index contributed by atoms with van der Waals surface area (Å²) in [4.78, 5) is 22.8. The van der Waals surface area contributed by atoms with E-state index >= 15 is 0 Å². The zero-order chi connectivity index (χ0) is 13.5. The first-order chi connectivity index (χ1) is 8.65. The Morgan fingerprint density at radius 1 is 1.44 bits per heavy atom. The van der Waals surface area contributed by atoms with Crippen LogP contribution in [0.5, 0.6) is 0 Å². The van der Waals surface area contributed by atoms with Crippen LogP contribution < -0.4 is 5.73 Å². The lowest BCUT2D eigenvalue weighted by Gasteiger charge is -2.41. The Morgan fingerprint density at radius 2 is 2.06 bits per heavy atom. The maximum Gasteiger partial charge on any atom is 0.236 e. The normalized spacial score (nSPS) is 20.6. The molecule has 0 aromatic rings. The molecule has 0 aromatic heterocycles. The van der Waals surface area contributed by atoms with Gasteiger partial charge in [0, 0.05) is 37.1 Å². The highest BCUT2D eigenvalue weighted by Crippen LogP contribution is 2.19. The second-order valence-electron chi connectivity index (χ2n) is 4.38. The van der Waals surface area contributed by atoms with E-state index in [4.69, 9.17) is 5.73 Å². The summed E-state index contributed by atoms with van der Waals surface area (Å²) in [7, 11) is 0. The van der Waals surface area contributed by atoms with Crippen molar-refractivity contribution in [3.63, 3.8) is 0 Å². The Kier molecular flexibility index (Phi) is 6.67. The van der Waals surface area contributed by atoms with Gasteiger partial charge in [0.15, 0.2) is 0 Å². The molecule has 2 N–H and O–H groups in total. The Balaban J connectivity index is 2.85. The number of carbonyl (C=O) groups excluding carboxylic acids is 2. The van der Waals surface area contributed by atoms with Gasteiger partial charge in [-0.25, -0.2) is 10.0 Å². The average Bonchev–Trinajstić information content (AvgIpc) is 2.40. The molecule has 1 aliphatic rings. The number of thioether (sulfide) groups is 1. The van der Waals surface area contributed by atoms with Crippen LogP contribution in [0.15, 0.2) is 0 Å². The molecule has 1 aliphatic heterocycles. The first-order valence-corrected chi connectivity index (χ1v) is 7.65. The molecule has 0 saturated carbocycles. The third-order valence-corrected chi connectivity index (χ3v) is 4.28. The first kappa shape index (κ1) is 15.5. The fourth-order valence-electron chi connectivity index (χ4n) is 2.36. The van der Waals surface area contributed by atoms with E-state index in [0.717, 1.165) is 30.9 Å². The minimum absolute atomic E-state index is 0.322. The number of hydrogen-bond acceptors (Lipinski definition) is 5. The standard InChI is InChI=1S/C12H23N3O2S/c1-3-10(9-16)11(12(13)17)15(4-2)14-5-7-18-8-6-14/h9-11H,3-8H2,1-2H3,(H2,13,17)/t10-,11+/m1/s1. The highest BCUT2D eigenvalue weighted by Gasteiger charge is 2.34. The lowest BCUT2D eigenvalue weighted by atomic mass is 9.97. The number of rotatable bonds is 7. The van der Waals surface area contributed by atoms with Crippen LogP contribution >= 0.6 is 11.8 Å². The van der Waals surface area contributed by atoms with Crippen molar-refractivity contribution in [2.75, 3.05) is 31.1 Å². The molecular formula is C12H23N3O2S. The van der Waals surface area contributed by atoms with Crippen molar-refractivity contribution in [2.45, 2.75) is 26.3 Å². The smallest absolute Gasteiger partial charge is 0.236 e. The topological polar surface area (TPSA) is 66.6 Å². The lowest BCUT2D eigenvalue weighted by molar-refractivity contribution is -0.141. The van der Waals surface area contributed by atoms with Crippen molar-refractivity contribution < 1.29 is 9.59 Å². The zero-order valence-electron chi connectivity index (χ0n) is 11.2. The molecule has 104 valence electrons. The molecule has 1 heterocycles. The van der Waals surface area contributed by atoms with Crippen molar-refractivity contribution in [1.29, 1.82) is 0 Å². The fraction of sp³-hybridized carbons (Fsp3) is 0.833. The monoisotopic (exact) mass is 273 g/mol. The predicted molar refractivity (Wildman–Crippen MR) is 74.1 cm³/mol. The average molecular weight is 273 g/mol. The largest absolute Gasteiger partial charge is 0.368 e. The van der Waals surface area contributed by atoms with Crippen molar-refractivity contribution in [3.8, 4) is 0 Å². The van der Waals surface area contributed by atoms with Gasteiger partial charge >= 0.3 is 0 Å². The highest BCUT2D eigenvalue weighted by atomic mass is 32.2. The molecule has 5 nitrogen and oxygen atoms in total. The van der Waals surface area contributed by atoms with E-state index in [2.05, 4.69) is 5.01 Å². The van der Waals surface area contributed by atoms with E-state index in [1.165, 1.54) is 0 Å². The van der Waals surface area contributed by atoms with Crippen molar-refractivity contribution in [1.82, 2.24) is 10.0 Å². The van der Waals surface area contributed by atoms with Gasteiger partial charge in [-0.1, -0.05) is 13.8 Å². The van der Waals surface area contributed by atoms with Gasteiger partial charge in [-0.3, -0.25) is 4.79 Å². The van der Waals surface area contributed by atoms with E-state index in [1.54, 1.807) is 0 Å². The number of primary amides is 1. The highest BCUT2D eigenvalue weighted by molar-refractivity contribution is 7.99. The molecule has 1 fully saturated rings. The molecule has 0 unspecified atom stereocenters. The van der Waals surface area contributed by atoms with Crippen LogP contribution in [0.25, 0.3) is 0 Å². The van der Waals surface area contributed by atoms with Gasteiger partial charge in [-0.15, -0.1) is 0 Å². The predicted octanol–water partition coefficient (Wildman–Crippen LogP) is 0.351. The number of nitrogens with zero attached hydrogens (tertiary/aromatic N) is 2. The quantitative estimate of drug-likeness (QED) is 0.678. The molecule has 0 aromatic carbocycles. The van der Waals surface area contributed by atoms with Gasteiger partial charge in [0.2, 0.25) is 5.91 Å². The van der Waals surface area contributed by atoms with Crippen LogP contribution in [-0.2, 0) is 9.59 Å². The van der Waals surface area contributed by atoms with Crippen LogP contribution in [-0.4, -0.2) is 59.4 Å². The summed E-state index contributed by atoms with van der Waals surface area (Å²) in [6.45, 7) is 6.43. The van der Waals surface area contributed by atoms with Gasteiger partial charge in [-0.2, -0.15) is 11.8 Å². The molecular weight excluding hydrogens is 250 g/mol. The number of amides is 1. The summed E-state index contributed by atoms with van der Waals surface area (Å²) in [5.74, 6) is 1.38. The Labute approximate surface area is 113 Å². The number of nitrogens with two attached hydrogens (primary N) is 1. The molecule has 0 spiro atoms. The van der Waals surface area contributed by atoms with Gasteiger partial charge < -0.3 is 10.5 Å². The molecule has 1 saturated heterocycles. The maximum atomic E-state index is 11.7. The lowest BCUT2D eigenvalue weighted by Crippen LogP contribution is -2.58. The van der Waals surface area contributed by atoms with Crippen LogP contribution in [0, 0.1) is 5.92 Å². The van der Waals surface area contributed by atoms with E-state index < -0.39 is 11.9 Å². The third kappa shape index (κ3) is 3.70. The van der Waals surface area contributed by atoms with E-state index in [1.807, 2.05) is 30.6 Å². The number of hydrogen-bond donors (Lipinski definition) is 1. The van der Waals surface area contributed by atoms with Crippen LogP contribution in [0.4, 0.5) is 0 Å². The van der Waals surface area contributed by atoms with Gasteiger partial charge in [-0.05, 0) is 6.42 Å². The molecule has 2 atom stereocenters. The van der Waals surface area contributed by atoms with Crippen molar-refractivity contribution >= 4 is 24.0 Å². The van der Waals surface area contributed by atoms with E-state index in [0.29, 0.717) is 13.0 Å². The zero-order valence-corrected chi connectivity index (χ0v) is 12.0. The van der Waals surface area contributed by atoms with Crippen molar-refractivity contribution in [2.24, 2.45) is 11.7 Å². The minimum atomic E-state index is -0.513. The number of aldehydes is 1. The maximum absolute atomic E-state index is 11.7. The molecule has 0 radical (unpaired) electrons. The molecule has 18 heavy (non-hydrogen) atoms. The Morgan fingerprint density at radius 3 is 2.44 bits per heavy atom. The van der Waals surface area contributed by atoms with Crippen molar-refractivity contribution in [3.05, 3.63) is 0 Å². The Bertz CT molecular complexity index is 282. The van der Waals surface area contributed by atoms with Gasteiger partial charge in [0.25, 0.3) is 0 Å². The SMILES string of the molecule is CC[C@H](C=O)[C@@H](C(N)=O)N(CC)N1CCSCC1. The second kappa shape index (κ2) is 7.76. The second-order valence-corrected chi connectivity index (χ2v) is 5.60. The third-order valence-electron chi connectivity index (χ3n) is 3.34. The number of carbonyl (C=O) groups is 2. The summed E-state index contributed by atoms with van der Waals surface area (Å²) in [5, 5.41) is 4.14. The summed E-state index contributed by atoms with van der Waals surface area (Å²) in [6, 6.07) is -0.513. The summed E-state index contributed by atoms with van der Waals surface area (Å²) < 4.78 is 0. The summed E-state index contributed by atoms with van der Waals surface area (Å²) in [5.41, 5.74) is 5.50. The minimum Gasteiger partial charge on any atom is -0.368 e. The van der Waals surface area contributed by atoms with Crippen LogP contribution in [0.3, 0.4) is 0 Å². The van der Waals surface area contributed by atoms with E-state index in [-0.39, 0.29) is 5.92 Å². The number of likely N-dealkylation sites (N-methyl/N-ethyl adjacent to an activating group) is 1. The Hall–Kier alpha value is -0.590. The van der Waals surface area contributed by atoms with E-state index in [9.17, 15) is 9.59 Å². The summed E-state index contributed by atoms with van der Waals surface area (Å²) in [6.07, 6.45) is 1.49. The molecule has 1 rings (SSSR count). The molecule has 1 amide bonds. The molecule has 0 bridgehead atoms. The van der Waals surface area contributed by atoms with Gasteiger partial charge in [0.05, 0.1) is 0 Å². The van der Waals surface area contributed by atoms with Crippen LogP contribution in [0.2, 0.25) is 0 Å². The van der Waals surface area contributed by atoms with Crippen LogP contribution in [0.1, 0.15) is 20.3 Å². The number of hydrazine groups is 1. The summed E-state index contributed by atoms with van der Waals surface area (Å²) >= 11 is 1.91. The van der Waals surface area contributed by atoms with Gasteiger partial charge in [0.1, 0.15) is 12.3 Å². The molecule has 0 aliphatic carbocycles. The molecule has 6 heteroatoms.